The third kappa shape index (κ3) is 5.93. The van der Waals surface area contributed by atoms with Crippen LogP contribution in [-0.4, -0.2) is 29.5 Å². The van der Waals surface area contributed by atoms with E-state index in [0.29, 0.717) is 12.5 Å². The Morgan fingerprint density at radius 3 is 2.92 bits per heavy atom. The zero-order valence-electron chi connectivity index (χ0n) is 8.08. The third-order valence-corrected chi connectivity index (χ3v) is 3.05. The highest BCUT2D eigenvalue weighted by atomic mass is 32.2. The molecule has 1 amide bonds. The second-order valence-electron chi connectivity index (χ2n) is 3.64. The lowest BCUT2D eigenvalue weighted by Gasteiger charge is -2.05. The highest BCUT2D eigenvalue weighted by Crippen LogP contribution is 2.18. The van der Waals surface area contributed by atoms with E-state index in [0.717, 1.165) is 11.5 Å². The Labute approximate surface area is 83.8 Å². The van der Waals surface area contributed by atoms with Crippen LogP contribution in [0.2, 0.25) is 0 Å². The van der Waals surface area contributed by atoms with E-state index in [4.69, 9.17) is 5.73 Å². The molecule has 3 N–H and O–H groups in total. The van der Waals surface area contributed by atoms with Gasteiger partial charge in [0.2, 0.25) is 5.91 Å². The maximum Gasteiger partial charge on any atom is 0.221 e. The summed E-state index contributed by atoms with van der Waals surface area (Å²) >= 11 is 1.75. The van der Waals surface area contributed by atoms with Crippen LogP contribution in [0.25, 0.3) is 0 Å². The van der Waals surface area contributed by atoms with Crippen LogP contribution < -0.4 is 11.1 Å². The van der Waals surface area contributed by atoms with Gasteiger partial charge in [0.15, 0.2) is 0 Å². The molecule has 13 heavy (non-hydrogen) atoms. The maximum atomic E-state index is 11.2. The van der Waals surface area contributed by atoms with Crippen LogP contribution in [0.5, 0.6) is 0 Å². The van der Waals surface area contributed by atoms with Crippen molar-refractivity contribution in [2.75, 3.05) is 11.5 Å². The van der Waals surface area contributed by atoms with E-state index in [1.54, 1.807) is 11.8 Å². The van der Waals surface area contributed by atoms with Crippen molar-refractivity contribution >= 4 is 17.7 Å². The van der Waals surface area contributed by atoms with Gasteiger partial charge in [-0.1, -0.05) is 0 Å². The number of carbonyl (C=O) groups excluding carboxylic acids is 1. The van der Waals surface area contributed by atoms with Crippen LogP contribution in [-0.2, 0) is 4.79 Å². The van der Waals surface area contributed by atoms with Crippen molar-refractivity contribution in [3.05, 3.63) is 0 Å². The highest BCUT2D eigenvalue weighted by Gasteiger charge is 2.22. The quantitative estimate of drug-likeness (QED) is 0.625. The molecule has 1 aliphatic rings. The molecule has 0 spiro atoms. The molecule has 0 aromatic carbocycles. The van der Waals surface area contributed by atoms with Gasteiger partial charge in [-0.2, -0.15) is 11.8 Å². The average molecular weight is 202 g/mol. The number of carbonyl (C=O) groups is 1. The van der Waals surface area contributed by atoms with E-state index in [1.165, 1.54) is 12.8 Å². The predicted octanol–water partition coefficient (Wildman–Crippen LogP) is 0.735. The van der Waals surface area contributed by atoms with Crippen molar-refractivity contribution in [2.24, 2.45) is 5.73 Å². The number of hydrogen-bond donors (Lipinski definition) is 2. The van der Waals surface area contributed by atoms with Crippen molar-refractivity contribution in [3.8, 4) is 0 Å². The second-order valence-corrected chi connectivity index (χ2v) is 4.79. The molecule has 0 saturated heterocycles. The fourth-order valence-electron chi connectivity index (χ4n) is 0.962. The minimum Gasteiger partial charge on any atom is -0.353 e. The summed E-state index contributed by atoms with van der Waals surface area (Å²) in [6.45, 7) is 1.98. The lowest BCUT2D eigenvalue weighted by Crippen LogP contribution is -2.26. The molecule has 1 saturated carbocycles. The number of nitrogens with two attached hydrogens (primary N) is 1. The first-order valence-corrected chi connectivity index (χ1v) is 5.96. The fourth-order valence-corrected chi connectivity index (χ4v) is 1.83. The summed E-state index contributed by atoms with van der Waals surface area (Å²) in [4.78, 5) is 11.2. The molecule has 0 bridgehead atoms. The van der Waals surface area contributed by atoms with Gasteiger partial charge in [-0.05, 0) is 19.8 Å². The molecule has 0 radical (unpaired) electrons. The summed E-state index contributed by atoms with van der Waals surface area (Å²) in [6.07, 6.45) is 2.96. The standard InChI is InChI=1S/C9H18N2OS/c1-7(10)6-13-5-4-9(12)11-8-2-3-8/h7-8H,2-6,10H2,1H3,(H,11,12). The Morgan fingerprint density at radius 2 is 2.38 bits per heavy atom. The van der Waals surface area contributed by atoms with E-state index in [-0.39, 0.29) is 11.9 Å². The van der Waals surface area contributed by atoms with Crippen molar-refractivity contribution in [3.63, 3.8) is 0 Å². The molecule has 1 unspecified atom stereocenters. The fraction of sp³-hybridized carbons (Fsp3) is 0.889. The summed E-state index contributed by atoms with van der Waals surface area (Å²) in [7, 11) is 0. The van der Waals surface area contributed by atoms with Gasteiger partial charge in [-0.3, -0.25) is 4.79 Å². The van der Waals surface area contributed by atoms with E-state index in [1.807, 2.05) is 6.92 Å². The smallest absolute Gasteiger partial charge is 0.221 e. The molecule has 0 aromatic heterocycles. The van der Waals surface area contributed by atoms with Gasteiger partial charge in [-0.25, -0.2) is 0 Å². The summed E-state index contributed by atoms with van der Waals surface area (Å²) < 4.78 is 0. The Bertz CT molecular complexity index is 169. The van der Waals surface area contributed by atoms with E-state index < -0.39 is 0 Å². The Kier molecular flexibility index (Phi) is 4.59. The first-order valence-electron chi connectivity index (χ1n) is 4.81. The van der Waals surface area contributed by atoms with Crippen LogP contribution in [0.1, 0.15) is 26.2 Å². The van der Waals surface area contributed by atoms with Crippen molar-refractivity contribution in [2.45, 2.75) is 38.3 Å². The van der Waals surface area contributed by atoms with Crippen LogP contribution >= 0.6 is 11.8 Å². The summed E-state index contributed by atoms with van der Waals surface area (Å²) in [5.41, 5.74) is 5.58. The van der Waals surface area contributed by atoms with Gasteiger partial charge < -0.3 is 11.1 Å². The van der Waals surface area contributed by atoms with Gasteiger partial charge in [0.05, 0.1) is 0 Å². The SMILES string of the molecule is CC(N)CSCCC(=O)NC1CC1. The van der Waals surface area contributed by atoms with Gasteiger partial charge in [-0.15, -0.1) is 0 Å². The second kappa shape index (κ2) is 5.50. The lowest BCUT2D eigenvalue weighted by atomic mass is 10.4. The Balaban J connectivity index is 1.89. The minimum absolute atomic E-state index is 0.194. The maximum absolute atomic E-state index is 11.2. The first-order chi connectivity index (χ1) is 6.18. The summed E-state index contributed by atoms with van der Waals surface area (Å²) in [5, 5.41) is 2.96. The van der Waals surface area contributed by atoms with E-state index in [9.17, 15) is 4.79 Å². The summed E-state index contributed by atoms with van der Waals surface area (Å²) in [5.74, 6) is 2.02. The van der Waals surface area contributed by atoms with Gasteiger partial charge in [0.1, 0.15) is 0 Å². The number of thioether (sulfide) groups is 1. The van der Waals surface area contributed by atoms with Crippen LogP contribution in [0.15, 0.2) is 0 Å². The molecular weight excluding hydrogens is 184 g/mol. The lowest BCUT2D eigenvalue weighted by molar-refractivity contribution is -0.120. The molecule has 4 heteroatoms. The largest absolute Gasteiger partial charge is 0.353 e. The van der Waals surface area contributed by atoms with Gasteiger partial charge >= 0.3 is 0 Å². The minimum atomic E-state index is 0.194. The number of rotatable bonds is 6. The van der Waals surface area contributed by atoms with Gasteiger partial charge in [0, 0.05) is 30.0 Å². The molecule has 1 atom stereocenters. The topological polar surface area (TPSA) is 55.1 Å². The molecule has 0 heterocycles. The number of hydrogen-bond acceptors (Lipinski definition) is 3. The average Bonchev–Trinajstić information content (AvgIpc) is 2.81. The van der Waals surface area contributed by atoms with Crippen LogP contribution in [0.3, 0.4) is 0 Å². The van der Waals surface area contributed by atoms with Crippen LogP contribution in [0, 0.1) is 0 Å². The van der Waals surface area contributed by atoms with Crippen LogP contribution in [0.4, 0.5) is 0 Å². The molecule has 1 fully saturated rings. The zero-order valence-corrected chi connectivity index (χ0v) is 8.90. The zero-order chi connectivity index (χ0) is 9.68. The van der Waals surface area contributed by atoms with E-state index in [2.05, 4.69) is 5.32 Å². The Morgan fingerprint density at radius 1 is 1.69 bits per heavy atom. The van der Waals surface area contributed by atoms with Crippen molar-refractivity contribution < 1.29 is 4.79 Å². The molecule has 3 nitrogen and oxygen atoms in total. The Hall–Kier alpha value is -0.220. The highest BCUT2D eigenvalue weighted by molar-refractivity contribution is 7.99. The molecule has 1 aliphatic carbocycles. The normalized spacial score (nSPS) is 18.3. The molecule has 0 aliphatic heterocycles. The summed E-state index contributed by atoms with van der Waals surface area (Å²) in [6, 6.07) is 0.724. The molecule has 0 aromatic rings. The molecule has 1 rings (SSSR count). The van der Waals surface area contributed by atoms with Crippen molar-refractivity contribution in [1.29, 1.82) is 0 Å². The third-order valence-electron chi connectivity index (χ3n) is 1.80. The molecule has 76 valence electrons. The monoisotopic (exact) mass is 202 g/mol. The van der Waals surface area contributed by atoms with Crippen molar-refractivity contribution in [1.82, 2.24) is 5.32 Å². The number of nitrogens with one attached hydrogen (secondary N) is 1. The molecular formula is C9H18N2OS. The first kappa shape index (κ1) is 10.9. The predicted molar refractivity (Wildman–Crippen MR) is 56.8 cm³/mol. The van der Waals surface area contributed by atoms with E-state index >= 15 is 0 Å². The number of amides is 1. The van der Waals surface area contributed by atoms with Gasteiger partial charge in [0.25, 0.3) is 0 Å².